The number of nitrogens with one attached hydrogen (secondary N) is 1. The number of benzene rings is 3. The van der Waals surface area contributed by atoms with Crippen LogP contribution in [-0.2, 0) is 17.8 Å². The summed E-state index contributed by atoms with van der Waals surface area (Å²) in [5.41, 5.74) is 1.26. The maximum absolute atomic E-state index is 13.1. The minimum atomic E-state index is -1.32. The third-order valence-electron chi connectivity index (χ3n) is 6.37. The van der Waals surface area contributed by atoms with Crippen LogP contribution in [-0.4, -0.2) is 67.1 Å². The van der Waals surface area contributed by atoms with Crippen LogP contribution >= 0.6 is 23.2 Å². The molecule has 1 amide bonds. The molecule has 0 bridgehead atoms. The van der Waals surface area contributed by atoms with Crippen LogP contribution in [0, 0.1) is 10.1 Å². The lowest BCUT2D eigenvalue weighted by Crippen LogP contribution is -2.42. The molecule has 0 aliphatic carbocycles. The summed E-state index contributed by atoms with van der Waals surface area (Å²) < 4.78 is 5.76. The fourth-order valence-corrected chi connectivity index (χ4v) is 4.58. The van der Waals surface area contributed by atoms with Crippen molar-refractivity contribution in [2.45, 2.75) is 25.5 Å². The van der Waals surface area contributed by atoms with Crippen LogP contribution in [0.5, 0.6) is 5.75 Å². The molecule has 0 saturated carbocycles. The van der Waals surface area contributed by atoms with Gasteiger partial charge >= 0.3 is 5.97 Å². The summed E-state index contributed by atoms with van der Waals surface area (Å²) in [4.78, 5) is 40.1. The van der Waals surface area contributed by atoms with Crippen molar-refractivity contribution in [2.24, 2.45) is 0 Å². The van der Waals surface area contributed by atoms with Crippen LogP contribution in [0.3, 0.4) is 0 Å². The molecule has 2 N–H and O–H groups in total. The predicted molar refractivity (Wildman–Crippen MR) is 159 cm³/mol. The number of nitro benzene ring substituents is 1. The highest BCUT2D eigenvalue weighted by atomic mass is 35.5. The van der Waals surface area contributed by atoms with E-state index in [1.807, 2.05) is 30.9 Å². The number of amides is 1. The van der Waals surface area contributed by atoms with E-state index in [0.717, 1.165) is 13.0 Å². The lowest BCUT2D eigenvalue weighted by Gasteiger charge is -2.21. The maximum atomic E-state index is 13.1. The zero-order valence-electron chi connectivity index (χ0n) is 23.0. The van der Waals surface area contributed by atoms with Crippen molar-refractivity contribution >= 4 is 46.5 Å². The van der Waals surface area contributed by atoms with Gasteiger partial charge in [-0.2, -0.15) is 0 Å². The van der Waals surface area contributed by atoms with Crippen LogP contribution in [0.4, 0.5) is 11.4 Å². The summed E-state index contributed by atoms with van der Waals surface area (Å²) in [6.07, 6.45) is 0.802. The lowest BCUT2D eigenvalue weighted by molar-refractivity contribution is -0.385. The summed E-state index contributed by atoms with van der Waals surface area (Å²) in [5.74, 6) is -1.60. The van der Waals surface area contributed by atoms with Crippen molar-refractivity contribution in [3.8, 4) is 5.75 Å². The SMILES string of the molecule is CN(C)CCCN(C)c1ccc([N+](=O)[O-])c(C(=O)NC(Cc2ccc(OCc3c(Cl)cccc3Cl)cc2)C(=O)O)c1. The van der Waals surface area contributed by atoms with E-state index in [1.165, 1.54) is 12.1 Å². The Hall–Kier alpha value is -3.86. The third-order valence-corrected chi connectivity index (χ3v) is 7.08. The molecule has 10 nitrogen and oxygen atoms in total. The fraction of sp³-hybridized carbons (Fsp3) is 0.310. The van der Waals surface area contributed by atoms with E-state index in [-0.39, 0.29) is 18.6 Å². The van der Waals surface area contributed by atoms with E-state index in [2.05, 4.69) is 5.32 Å². The highest BCUT2D eigenvalue weighted by Crippen LogP contribution is 2.27. The van der Waals surface area contributed by atoms with Gasteiger partial charge in [0.2, 0.25) is 0 Å². The maximum Gasteiger partial charge on any atom is 0.326 e. The molecule has 3 aromatic rings. The highest BCUT2D eigenvalue weighted by molar-refractivity contribution is 6.35. The number of anilines is 1. The Labute approximate surface area is 248 Å². The van der Waals surface area contributed by atoms with Gasteiger partial charge in [0.15, 0.2) is 0 Å². The number of hydrogen-bond donors (Lipinski definition) is 2. The average molecular weight is 604 g/mol. The van der Waals surface area contributed by atoms with Gasteiger partial charge in [-0.05, 0) is 69.0 Å². The number of carbonyl (C=O) groups is 2. The lowest BCUT2D eigenvalue weighted by atomic mass is 10.0. The topological polar surface area (TPSA) is 125 Å². The number of carboxylic acids is 1. The molecule has 1 atom stereocenters. The largest absolute Gasteiger partial charge is 0.489 e. The van der Waals surface area contributed by atoms with Gasteiger partial charge in [-0.1, -0.05) is 41.4 Å². The molecule has 0 spiro atoms. The van der Waals surface area contributed by atoms with Crippen molar-refractivity contribution < 1.29 is 24.4 Å². The molecule has 12 heteroatoms. The zero-order valence-corrected chi connectivity index (χ0v) is 24.5. The molecule has 3 rings (SSSR count). The number of ether oxygens (including phenoxy) is 1. The molecule has 0 heterocycles. The summed E-state index contributed by atoms with van der Waals surface area (Å²) >= 11 is 12.4. The first-order valence-electron chi connectivity index (χ1n) is 12.8. The van der Waals surface area contributed by atoms with Crippen molar-refractivity contribution in [3.63, 3.8) is 0 Å². The van der Waals surface area contributed by atoms with Gasteiger partial charge in [0.05, 0.1) is 4.92 Å². The van der Waals surface area contributed by atoms with Crippen molar-refractivity contribution in [1.29, 1.82) is 0 Å². The van der Waals surface area contributed by atoms with E-state index in [0.29, 0.717) is 39.2 Å². The van der Waals surface area contributed by atoms with E-state index >= 15 is 0 Å². The number of aliphatic carboxylic acids is 1. The normalized spacial score (nSPS) is 11.7. The number of carbonyl (C=O) groups excluding carboxylic acids is 1. The molecule has 41 heavy (non-hydrogen) atoms. The summed E-state index contributed by atoms with van der Waals surface area (Å²) in [6, 6.07) is 14.8. The van der Waals surface area contributed by atoms with Gasteiger partial charge < -0.3 is 25.0 Å². The first-order valence-corrected chi connectivity index (χ1v) is 13.5. The van der Waals surface area contributed by atoms with Gasteiger partial charge in [0, 0.05) is 47.4 Å². The van der Waals surface area contributed by atoms with Crippen LogP contribution in [0.25, 0.3) is 0 Å². The van der Waals surface area contributed by atoms with E-state index in [1.54, 1.807) is 48.5 Å². The second-order valence-corrected chi connectivity index (χ2v) is 10.6. The highest BCUT2D eigenvalue weighted by Gasteiger charge is 2.27. The molecule has 218 valence electrons. The molecule has 0 aliphatic heterocycles. The van der Waals surface area contributed by atoms with Gasteiger partial charge in [-0.15, -0.1) is 0 Å². The standard InChI is InChI=1S/C29H32Cl2N4O6/c1-33(2)14-5-15-34(3)20-10-13-27(35(39)40)22(17-20)28(36)32-26(29(37)38)16-19-8-11-21(12-9-19)41-18-23-24(30)6-4-7-25(23)31/h4,6-13,17,26H,5,14-16,18H2,1-3H3,(H,32,36)(H,37,38). The summed E-state index contributed by atoms with van der Waals surface area (Å²) in [6.45, 7) is 1.67. The Morgan fingerprint density at radius 1 is 1.02 bits per heavy atom. The molecule has 0 saturated heterocycles. The summed E-state index contributed by atoms with van der Waals surface area (Å²) in [7, 11) is 5.76. The monoisotopic (exact) mass is 602 g/mol. The Bertz CT molecular complexity index is 1360. The Kier molecular flexibility index (Phi) is 11.3. The fourth-order valence-electron chi connectivity index (χ4n) is 4.08. The first kappa shape index (κ1) is 31.7. The summed E-state index contributed by atoms with van der Waals surface area (Å²) in [5, 5.41) is 24.9. The number of rotatable bonds is 14. The molecule has 3 aromatic carbocycles. The Morgan fingerprint density at radius 3 is 2.27 bits per heavy atom. The van der Waals surface area contributed by atoms with Crippen molar-refractivity contribution in [1.82, 2.24) is 10.2 Å². The van der Waals surface area contributed by atoms with Gasteiger partial charge in [0.25, 0.3) is 11.6 Å². The Morgan fingerprint density at radius 2 is 1.68 bits per heavy atom. The van der Waals surface area contributed by atoms with Crippen LogP contribution in [0.2, 0.25) is 10.0 Å². The average Bonchev–Trinajstić information content (AvgIpc) is 2.92. The van der Waals surface area contributed by atoms with E-state index in [9.17, 15) is 24.8 Å². The second kappa shape index (κ2) is 14.7. The number of carboxylic acid groups (broad SMARTS) is 1. The number of halogens is 2. The van der Waals surface area contributed by atoms with Crippen molar-refractivity contribution in [2.75, 3.05) is 39.1 Å². The smallest absolute Gasteiger partial charge is 0.326 e. The molecular formula is C29H32Cl2N4O6. The molecule has 0 radical (unpaired) electrons. The molecule has 1 unspecified atom stereocenters. The van der Waals surface area contributed by atoms with Crippen LogP contribution in [0.1, 0.15) is 27.9 Å². The van der Waals surface area contributed by atoms with Gasteiger partial charge in [0.1, 0.15) is 24.0 Å². The number of nitro groups is 1. The third kappa shape index (κ3) is 9.07. The zero-order chi connectivity index (χ0) is 30.1. The quantitative estimate of drug-likeness (QED) is 0.188. The van der Waals surface area contributed by atoms with E-state index < -0.39 is 28.5 Å². The van der Waals surface area contributed by atoms with Gasteiger partial charge in [-0.25, -0.2) is 4.79 Å². The second-order valence-electron chi connectivity index (χ2n) is 9.74. The Balaban J connectivity index is 1.70. The minimum absolute atomic E-state index is 0.0460. The molecule has 0 aromatic heterocycles. The van der Waals surface area contributed by atoms with Gasteiger partial charge in [-0.3, -0.25) is 14.9 Å². The number of nitrogens with zero attached hydrogens (tertiary/aromatic N) is 3. The van der Waals surface area contributed by atoms with Crippen LogP contribution in [0.15, 0.2) is 60.7 Å². The van der Waals surface area contributed by atoms with Crippen molar-refractivity contribution in [3.05, 3.63) is 97.5 Å². The predicted octanol–water partition coefficient (Wildman–Crippen LogP) is 5.29. The number of hydrogen-bond acceptors (Lipinski definition) is 7. The first-order chi connectivity index (χ1) is 19.5. The molecule has 0 fully saturated rings. The molecule has 0 aliphatic rings. The molecular weight excluding hydrogens is 571 g/mol. The van der Waals surface area contributed by atoms with Crippen LogP contribution < -0.4 is 15.0 Å². The minimum Gasteiger partial charge on any atom is -0.489 e. The van der Waals surface area contributed by atoms with E-state index in [4.69, 9.17) is 27.9 Å².